The summed E-state index contributed by atoms with van der Waals surface area (Å²) in [4.78, 5) is 4.67. The zero-order chi connectivity index (χ0) is 19.6. The fourth-order valence-electron chi connectivity index (χ4n) is 2.69. The number of halogens is 1. The number of benzene rings is 2. The molecule has 1 heterocycles. The second-order valence-electron chi connectivity index (χ2n) is 6.41. The molecule has 0 aliphatic heterocycles. The highest BCUT2D eigenvalue weighted by atomic mass is 127. The summed E-state index contributed by atoms with van der Waals surface area (Å²) in [5.74, 6) is 1.67. The van der Waals surface area contributed by atoms with Gasteiger partial charge in [-0.25, -0.2) is 4.99 Å². The first-order chi connectivity index (χ1) is 13.7. The van der Waals surface area contributed by atoms with Crippen molar-refractivity contribution in [2.24, 2.45) is 12.0 Å². The average molecular weight is 505 g/mol. The van der Waals surface area contributed by atoms with Gasteiger partial charge in [0.1, 0.15) is 12.4 Å². The van der Waals surface area contributed by atoms with Crippen LogP contribution in [0, 0.1) is 0 Å². The van der Waals surface area contributed by atoms with Gasteiger partial charge in [0.25, 0.3) is 0 Å². The molecular weight excluding hydrogens is 477 g/mol. The van der Waals surface area contributed by atoms with Gasteiger partial charge in [-0.3, -0.25) is 4.68 Å². The molecule has 0 bridgehead atoms. The maximum atomic E-state index is 5.78. The van der Waals surface area contributed by atoms with Crippen molar-refractivity contribution < 1.29 is 4.74 Å². The lowest BCUT2D eigenvalue weighted by Crippen LogP contribution is -2.37. The minimum atomic E-state index is 0. The third-order valence-corrected chi connectivity index (χ3v) is 4.30. The summed E-state index contributed by atoms with van der Waals surface area (Å²) >= 11 is 0. The molecule has 0 saturated heterocycles. The van der Waals surface area contributed by atoms with E-state index >= 15 is 0 Å². The molecule has 0 amide bonds. The topological polar surface area (TPSA) is 63.5 Å². The van der Waals surface area contributed by atoms with Crippen molar-refractivity contribution in [2.45, 2.75) is 26.6 Å². The molecule has 154 valence electrons. The monoisotopic (exact) mass is 505 g/mol. The van der Waals surface area contributed by atoms with Gasteiger partial charge in [-0.05, 0) is 36.2 Å². The van der Waals surface area contributed by atoms with Crippen LogP contribution in [-0.2, 0) is 26.7 Å². The van der Waals surface area contributed by atoms with Crippen molar-refractivity contribution in [1.29, 1.82) is 0 Å². The first kappa shape index (κ1) is 22.7. The number of aryl methyl sites for hydroxylation is 1. The van der Waals surface area contributed by atoms with Gasteiger partial charge in [-0.2, -0.15) is 5.10 Å². The summed E-state index contributed by atoms with van der Waals surface area (Å²) in [5, 5.41) is 10.8. The molecule has 0 spiro atoms. The molecule has 0 aliphatic carbocycles. The highest BCUT2D eigenvalue weighted by Crippen LogP contribution is 2.12. The second kappa shape index (κ2) is 12.1. The van der Waals surface area contributed by atoms with E-state index in [2.05, 4.69) is 51.9 Å². The van der Waals surface area contributed by atoms with Gasteiger partial charge in [0.15, 0.2) is 5.96 Å². The quantitative estimate of drug-likeness (QED) is 0.277. The molecule has 0 unspecified atom stereocenters. The van der Waals surface area contributed by atoms with Crippen molar-refractivity contribution in [3.05, 3.63) is 83.7 Å². The third-order valence-electron chi connectivity index (χ3n) is 4.30. The molecule has 0 atom stereocenters. The number of rotatable bonds is 8. The minimum Gasteiger partial charge on any atom is -0.489 e. The smallest absolute Gasteiger partial charge is 0.191 e. The summed E-state index contributed by atoms with van der Waals surface area (Å²) in [6.07, 6.45) is 1.80. The number of aliphatic imine (C=N–C) groups is 1. The van der Waals surface area contributed by atoms with E-state index in [1.54, 1.807) is 6.20 Å². The van der Waals surface area contributed by atoms with Gasteiger partial charge in [0, 0.05) is 19.8 Å². The number of nitrogens with zero attached hydrogens (tertiary/aromatic N) is 3. The van der Waals surface area contributed by atoms with Gasteiger partial charge in [0.2, 0.25) is 0 Å². The number of hydrogen-bond donors (Lipinski definition) is 2. The maximum absolute atomic E-state index is 5.78. The first-order valence-electron chi connectivity index (χ1n) is 9.49. The number of hydrogen-bond acceptors (Lipinski definition) is 3. The van der Waals surface area contributed by atoms with Crippen LogP contribution < -0.4 is 15.4 Å². The summed E-state index contributed by atoms with van der Waals surface area (Å²) in [6.45, 7) is 4.72. The van der Waals surface area contributed by atoms with Crippen LogP contribution >= 0.6 is 24.0 Å². The molecule has 7 heteroatoms. The number of ether oxygens (including phenoxy) is 1. The van der Waals surface area contributed by atoms with Crippen LogP contribution in [0.3, 0.4) is 0 Å². The van der Waals surface area contributed by atoms with E-state index in [1.807, 2.05) is 48.1 Å². The number of nitrogens with one attached hydrogen (secondary N) is 2. The highest BCUT2D eigenvalue weighted by molar-refractivity contribution is 14.0. The molecular formula is C22H28IN5O. The minimum absolute atomic E-state index is 0. The van der Waals surface area contributed by atoms with Crippen LogP contribution in [-0.4, -0.2) is 22.3 Å². The Hall–Kier alpha value is -2.55. The van der Waals surface area contributed by atoms with E-state index in [-0.39, 0.29) is 24.0 Å². The fraction of sp³-hybridized carbons (Fsp3) is 0.273. The molecule has 1 aromatic heterocycles. The van der Waals surface area contributed by atoms with Crippen molar-refractivity contribution in [1.82, 2.24) is 20.4 Å². The predicted molar refractivity (Wildman–Crippen MR) is 127 cm³/mol. The molecule has 3 rings (SSSR count). The summed E-state index contributed by atoms with van der Waals surface area (Å²) in [5.41, 5.74) is 3.40. The van der Waals surface area contributed by atoms with Crippen LogP contribution in [0.5, 0.6) is 5.75 Å². The lowest BCUT2D eigenvalue weighted by Gasteiger charge is -2.11. The van der Waals surface area contributed by atoms with Crippen LogP contribution in [0.25, 0.3) is 0 Å². The van der Waals surface area contributed by atoms with Crippen LogP contribution in [0.1, 0.15) is 23.7 Å². The first-order valence-corrected chi connectivity index (χ1v) is 9.49. The number of guanidine groups is 1. The van der Waals surface area contributed by atoms with Crippen molar-refractivity contribution in [2.75, 3.05) is 6.54 Å². The highest BCUT2D eigenvalue weighted by Gasteiger charge is 2.02. The Labute approximate surface area is 189 Å². The Bertz CT molecular complexity index is 878. The van der Waals surface area contributed by atoms with E-state index in [1.165, 1.54) is 0 Å². The molecule has 2 aromatic carbocycles. The zero-order valence-corrected chi connectivity index (χ0v) is 19.2. The maximum Gasteiger partial charge on any atom is 0.191 e. The van der Waals surface area contributed by atoms with E-state index in [0.29, 0.717) is 19.7 Å². The lowest BCUT2D eigenvalue weighted by molar-refractivity contribution is 0.306. The van der Waals surface area contributed by atoms with Crippen LogP contribution in [0.15, 0.2) is 71.9 Å². The molecule has 0 saturated carbocycles. The average Bonchev–Trinajstić information content (AvgIpc) is 3.15. The Morgan fingerprint density at radius 1 is 1.00 bits per heavy atom. The normalized spacial score (nSPS) is 10.9. The number of aromatic nitrogens is 2. The van der Waals surface area contributed by atoms with Crippen molar-refractivity contribution in [3.63, 3.8) is 0 Å². The molecule has 29 heavy (non-hydrogen) atoms. The van der Waals surface area contributed by atoms with Gasteiger partial charge in [-0.15, -0.1) is 24.0 Å². The largest absolute Gasteiger partial charge is 0.489 e. The molecule has 0 fully saturated rings. The van der Waals surface area contributed by atoms with E-state index < -0.39 is 0 Å². The van der Waals surface area contributed by atoms with Gasteiger partial charge in [-0.1, -0.05) is 42.5 Å². The van der Waals surface area contributed by atoms with Gasteiger partial charge < -0.3 is 15.4 Å². The molecule has 2 N–H and O–H groups in total. The summed E-state index contributed by atoms with van der Waals surface area (Å²) in [7, 11) is 1.93. The summed E-state index contributed by atoms with van der Waals surface area (Å²) < 4.78 is 7.64. The Morgan fingerprint density at radius 2 is 1.72 bits per heavy atom. The Morgan fingerprint density at radius 3 is 2.38 bits per heavy atom. The Kier molecular flexibility index (Phi) is 9.49. The van der Waals surface area contributed by atoms with E-state index in [9.17, 15) is 0 Å². The Balaban J connectivity index is 0.00000300. The third kappa shape index (κ3) is 7.41. The fourth-order valence-corrected chi connectivity index (χ4v) is 2.69. The van der Waals surface area contributed by atoms with Crippen LogP contribution in [0.4, 0.5) is 0 Å². The van der Waals surface area contributed by atoms with Crippen molar-refractivity contribution in [3.8, 4) is 5.75 Å². The molecule has 0 radical (unpaired) electrons. The summed E-state index contributed by atoms with van der Waals surface area (Å²) in [6, 6.07) is 20.2. The van der Waals surface area contributed by atoms with Gasteiger partial charge in [0.05, 0.1) is 18.8 Å². The molecule has 3 aromatic rings. The molecule has 6 nitrogen and oxygen atoms in total. The van der Waals surface area contributed by atoms with Gasteiger partial charge >= 0.3 is 0 Å². The van der Waals surface area contributed by atoms with E-state index in [0.717, 1.165) is 35.1 Å². The zero-order valence-electron chi connectivity index (χ0n) is 16.8. The van der Waals surface area contributed by atoms with Crippen molar-refractivity contribution >= 4 is 29.9 Å². The SMILES string of the molecule is CCNC(=NCc1ccc(COc2ccccc2)cc1)NCc1ccnn1C.I. The van der Waals surface area contributed by atoms with E-state index in [4.69, 9.17) is 4.74 Å². The predicted octanol–water partition coefficient (Wildman–Crippen LogP) is 3.87. The number of para-hydroxylation sites is 1. The van der Waals surface area contributed by atoms with Crippen LogP contribution in [0.2, 0.25) is 0 Å². The standard InChI is InChI=1S/C22H27N5O.HI/c1-3-23-22(25-16-20-13-14-26-27(20)2)24-15-18-9-11-19(12-10-18)17-28-21-7-5-4-6-8-21;/h4-14H,3,15-17H2,1-2H3,(H2,23,24,25);1H. The lowest BCUT2D eigenvalue weighted by atomic mass is 10.1. The molecule has 0 aliphatic rings. The second-order valence-corrected chi connectivity index (χ2v) is 6.41.